The normalized spacial score (nSPS) is 17.6. The van der Waals surface area contributed by atoms with Crippen molar-refractivity contribution in [2.45, 2.75) is 23.8 Å². The first-order chi connectivity index (χ1) is 18.2. The molecule has 0 aromatic heterocycles. The van der Waals surface area contributed by atoms with Gasteiger partial charge >= 0.3 is 0 Å². The summed E-state index contributed by atoms with van der Waals surface area (Å²) in [5, 5.41) is 0. The van der Waals surface area contributed by atoms with Crippen molar-refractivity contribution in [2.75, 3.05) is 20.8 Å². The number of hydrogen-bond acceptors (Lipinski definition) is 4. The molecule has 0 amide bonds. The molecule has 0 radical (unpaired) electrons. The Morgan fingerprint density at radius 1 is 0.737 bits per heavy atom. The van der Waals surface area contributed by atoms with Crippen molar-refractivity contribution in [1.29, 1.82) is 0 Å². The summed E-state index contributed by atoms with van der Waals surface area (Å²) in [6.45, 7) is 2.21. The van der Waals surface area contributed by atoms with E-state index in [-0.39, 0.29) is 17.4 Å². The molecule has 0 spiro atoms. The first kappa shape index (κ1) is 26.9. The minimum absolute atomic E-state index is 0.218. The molecule has 0 saturated carbocycles. The first-order valence-corrected chi connectivity index (χ1v) is 15.1. The van der Waals surface area contributed by atoms with Gasteiger partial charge in [-0.05, 0) is 77.7 Å². The highest BCUT2D eigenvalue weighted by molar-refractivity contribution is 9.10. The monoisotopic (exact) mass is 655 g/mol. The number of benzene rings is 4. The summed E-state index contributed by atoms with van der Waals surface area (Å²) < 4.78 is 43.5. The van der Waals surface area contributed by atoms with Gasteiger partial charge in [-0.3, -0.25) is 0 Å². The van der Waals surface area contributed by atoms with Crippen LogP contribution in [0.2, 0.25) is 0 Å². The van der Waals surface area contributed by atoms with E-state index < -0.39 is 16.1 Å². The van der Waals surface area contributed by atoms with Gasteiger partial charge in [-0.1, -0.05) is 73.8 Å². The predicted octanol–water partition coefficient (Wildman–Crippen LogP) is 7.46. The van der Waals surface area contributed by atoms with Crippen molar-refractivity contribution < 1.29 is 17.9 Å². The Hall–Kier alpha value is -2.65. The number of methoxy groups -OCH3 is 2. The van der Waals surface area contributed by atoms with E-state index in [1.807, 2.05) is 79.7 Å². The average Bonchev–Trinajstić information content (AvgIpc) is 2.92. The molecule has 8 heteroatoms. The van der Waals surface area contributed by atoms with Crippen molar-refractivity contribution in [2.24, 2.45) is 0 Å². The van der Waals surface area contributed by atoms with Gasteiger partial charge in [0.1, 0.15) is 0 Å². The minimum Gasteiger partial charge on any atom is -0.493 e. The fourth-order valence-electron chi connectivity index (χ4n) is 5.04. The van der Waals surface area contributed by atoms with Crippen molar-refractivity contribution in [3.8, 4) is 11.5 Å². The average molecular weight is 657 g/mol. The van der Waals surface area contributed by atoms with Gasteiger partial charge in [-0.2, -0.15) is 4.31 Å². The summed E-state index contributed by atoms with van der Waals surface area (Å²) in [4.78, 5) is 0.267. The van der Waals surface area contributed by atoms with E-state index in [0.29, 0.717) is 11.5 Å². The van der Waals surface area contributed by atoms with Crippen LogP contribution in [0.3, 0.4) is 0 Å². The highest BCUT2D eigenvalue weighted by Crippen LogP contribution is 2.48. The topological polar surface area (TPSA) is 55.8 Å². The third-order valence-corrected chi connectivity index (χ3v) is 9.90. The quantitative estimate of drug-likeness (QED) is 0.216. The molecule has 5 rings (SSSR count). The SMILES string of the molecule is COc1cc2c(cc1OC)[C@H](c1ccc(Br)cc1)N(S(=O)(=O)c1ccc(C)cc1)C[C@@H]2c1ccc(Br)cc1. The van der Waals surface area contributed by atoms with Crippen LogP contribution < -0.4 is 9.47 Å². The van der Waals surface area contributed by atoms with E-state index in [0.717, 1.165) is 36.8 Å². The van der Waals surface area contributed by atoms with Crippen LogP contribution in [0.5, 0.6) is 11.5 Å². The zero-order chi connectivity index (χ0) is 27.0. The maximum atomic E-state index is 14.3. The molecule has 196 valence electrons. The number of halogens is 2. The summed E-state index contributed by atoms with van der Waals surface area (Å²) >= 11 is 7.04. The lowest BCUT2D eigenvalue weighted by atomic mass is 9.80. The van der Waals surface area contributed by atoms with Gasteiger partial charge in [0.05, 0.1) is 25.2 Å². The molecule has 0 fully saturated rings. The number of aryl methyl sites for hydroxylation is 1. The summed E-state index contributed by atoms with van der Waals surface area (Å²) in [7, 11) is -0.668. The molecule has 38 heavy (non-hydrogen) atoms. The van der Waals surface area contributed by atoms with Crippen molar-refractivity contribution >= 4 is 41.9 Å². The molecule has 5 nitrogen and oxygen atoms in total. The molecule has 0 N–H and O–H groups in total. The van der Waals surface area contributed by atoms with Crippen LogP contribution in [0.4, 0.5) is 0 Å². The molecular formula is C30H27Br2NO4S. The van der Waals surface area contributed by atoms with Gasteiger partial charge in [-0.15, -0.1) is 0 Å². The molecule has 1 aliphatic heterocycles. The van der Waals surface area contributed by atoms with E-state index in [1.54, 1.807) is 30.7 Å². The Morgan fingerprint density at radius 3 is 1.76 bits per heavy atom. The lowest BCUT2D eigenvalue weighted by Crippen LogP contribution is -2.42. The fraction of sp³-hybridized carbons (Fsp3) is 0.200. The molecule has 0 bridgehead atoms. The van der Waals surface area contributed by atoms with Gasteiger partial charge in [0.25, 0.3) is 0 Å². The summed E-state index contributed by atoms with van der Waals surface area (Å²) in [6.07, 6.45) is 0. The number of nitrogens with zero attached hydrogens (tertiary/aromatic N) is 1. The Balaban J connectivity index is 1.79. The predicted molar refractivity (Wildman–Crippen MR) is 157 cm³/mol. The second kappa shape index (κ2) is 10.8. The van der Waals surface area contributed by atoms with Crippen molar-refractivity contribution in [3.05, 3.63) is 122 Å². The van der Waals surface area contributed by atoms with Crippen LogP contribution in [-0.4, -0.2) is 33.5 Å². The lowest BCUT2D eigenvalue weighted by Gasteiger charge is -2.41. The zero-order valence-corrected chi connectivity index (χ0v) is 25.2. The second-order valence-electron chi connectivity index (χ2n) is 9.28. The van der Waals surface area contributed by atoms with Crippen LogP contribution in [0.15, 0.2) is 98.8 Å². The highest BCUT2D eigenvalue weighted by Gasteiger charge is 2.42. The van der Waals surface area contributed by atoms with Gasteiger partial charge in [0.15, 0.2) is 11.5 Å². The first-order valence-electron chi connectivity index (χ1n) is 12.1. The Kier molecular flexibility index (Phi) is 7.69. The smallest absolute Gasteiger partial charge is 0.243 e. The van der Waals surface area contributed by atoms with Crippen molar-refractivity contribution in [3.63, 3.8) is 0 Å². The van der Waals surface area contributed by atoms with Gasteiger partial charge in [0, 0.05) is 21.4 Å². The third kappa shape index (κ3) is 5.02. The Labute approximate surface area is 240 Å². The molecular weight excluding hydrogens is 630 g/mol. The third-order valence-electron chi connectivity index (χ3n) is 7.00. The largest absolute Gasteiger partial charge is 0.493 e. The number of hydrogen-bond donors (Lipinski definition) is 0. The van der Waals surface area contributed by atoms with Gasteiger partial charge in [-0.25, -0.2) is 8.42 Å². The number of rotatable bonds is 6. The molecule has 4 aromatic carbocycles. The van der Waals surface area contributed by atoms with E-state index in [4.69, 9.17) is 9.47 Å². The summed E-state index contributed by atoms with van der Waals surface area (Å²) in [5.74, 6) is 0.945. The maximum absolute atomic E-state index is 14.3. The Morgan fingerprint density at radius 2 is 1.24 bits per heavy atom. The van der Waals surface area contributed by atoms with Gasteiger partial charge in [0.2, 0.25) is 10.0 Å². The van der Waals surface area contributed by atoms with Crippen LogP contribution in [0.25, 0.3) is 0 Å². The fourth-order valence-corrected chi connectivity index (χ4v) is 7.18. The number of ether oxygens (including phenoxy) is 2. The second-order valence-corrected chi connectivity index (χ2v) is 13.0. The van der Waals surface area contributed by atoms with Crippen LogP contribution in [0.1, 0.15) is 39.8 Å². The van der Waals surface area contributed by atoms with E-state index in [2.05, 4.69) is 31.9 Å². The van der Waals surface area contributed by atoms with E-state index >= 15 is 0 Å². The van der Waals surface area contributed by atoms with Crippen LogP contribution in [-0.2, 0) is 10.0 Å². The number of sulfonamides is 1. The van der Waals surface area contributed by atoms with E-state index in [1.165, 1.54) is 0 Å². The Bertz CT molecular complexity index is 1550. The van der Waals surface area contributed by atoms with Gasteiger partial charge < -0.3 is 9.47 Å². The summed E-state index contributed by atoms with van der Waals surface area (Å²) in [6, 6.07) is 26.2. The van der Waals surface area contributed by atoms with Crippen LogP contribution in [0, 0.1) is 6.92 Å². The standard InChI is InChI=1S/C30H27Br2NO4S/c1-19-4-14-24(15-5-19)38(34,35)33-18-27(20-6-10-22(31)11-7-20)25-16-28(36-2)29(37-3)17-26(25)30(33)21-8-12-23(32)13-9-21/h4-17,27,30H,18H2,1-3H3/t27-,30+/m1/s1. The molecule has 0 aliphatic carbocycles. The van der Waals surface area contributed by atoms with Crippen LogP contribution >= 0.6 is 31.9 Å². The molecule has 0 saturated heterocycles. The van der Waals surface area contributed by atoms with E-state index in [9.17, 15) is 8.42 Å². The summed E-state index contributed by atoms with van der Waals surface area (Å²) in [5.41, 5.74) is 4.75. The molecule has 2 atom stereocenters. The van der Waals surface area contributed by atoms with Crippen molar-refractivity contribution in [1.82, 2.24) is 4.31 Å². The molecule has 0 unspecified atom stereocenters. The number of fused-ring (bicyclic) bond motifs is 1. The maximum Gasteiger partial charge on any atom is 0.243 e. The molecule has 1 aliphatic rings. The minimum atomic E-state index is -3.87. The molecule has 1 heterocycles. The lowest BCUT2D eigenvalue weighted by molar-refractivity contribution is 0.319. The molecule has 4 aromatic rings. The highest BCUT2D eigenvalue weighted by atomic mass is 79.9. The zero-order valence-electron chi connectivity index (χ0n) is 21.2.